The van der Waals surface area contributed by atoms with Gasteiger partial charge in [0.25, 0.3) is 0 Å². The lowest BCUT2D eigenvalue weighted by Gasteiger charge is -2.20. The van der Waals surface area contributed by atoms with Gasteiger partial charge in [0.15, 0.2) is 11.5 Å². The molecule has 0 amide bonds. The third-order valence-electron chi connectivity index (χ3n) is 3.90. The molecule has 2 heterocycles. The summed E-state index contributed by atoms with van der Waals surface area (Å²) in [5, 5.41) is -0.202. The van der Waals surface area contributed by atoms with Crippen LogP contribution in [0.3, 0.4) is 0 Å². The molecule has 21 heavy (non-hydrogen) atoms. The summed E-state index contributed by atoms with van der Waals surface area (Å²) in [4.78, 5) is 0. The Kier molecular flexibility index (Phi) is 3.24. The third kappa shape index (κ3) is 2.37. The first-order valence-corrected chi connectivity index (χ1v) is 7.48. The van der Waals surface area contributed by atoms with E-state index in [-0.39, 0.29) is 5.38 Å². The van der Waals surface area contributed by atoms with Gasteiger partial charge in [-0.25, -0.2) is 0 Å². The minimum atomic E-state index is -0.202. The third-order valence-corrected chi connectivity index (χ3v) is 4.40. The molecule has 0 aromatic heterocycles. The van der Waals surface area contributed by atoms with Crippen LogP contribution in [0.25, 0.3) is 0 Å². The van der Waals surface area contributed by atoms with Crippen molar-refractivity contribution >= 4 is 11.6 Å². The van der Waals surface area contributed by atoms with Crippen LogP contribution in [0.2, 0.25) is 0 Å². The van der Waals surface area contributed by atoms with Crippen LogP contribution in [-0.4, -0.2) is 13.2 Å². The van der Waals surface area contributed by atoms with Gasteiger partial charge in [-0.2, -0.15) is 0 Å². The van der Waals surface area contributed by atoms with Gasteiger partial charge < -0.3 is 14.2 Å². The number of ether oxygens (including phenoxy) is 3. The summed E-state index contributed by atoms with van der Waals surface area (Å²) >= 11 is 6.64. The molecule has 0 saturated carbocycles. The maximum atomic E-state index is 6.64. The Hall–Kier alpha value is -1.71. The second-order valence-electron chi connectivity index (χ2n) is 5.29. The highest BCUT2D eigenvalue weighted by molar-refractivity contribution is 6.22. The highest BCUT2D eigenvalue weighted by Gasteiger charge is 2.19. The van der Waals surface area contributed by atoms with Crippen LogP contribution in [0.1, 0.15) is 27.6 Å². The zero-order valence-electron chi connectivity index (χ0n) is 11.5. The van der Waals surface area contributed by atoms with E-state index >= 15 is 0 Å². The summed E-state index contributed by atoms with van der Waals surface area (Å²) in [6.07, 6.45) is 0. The molecule has 0 aliphatic carbocycles. The normalized spacial score (nSPS) is 17.4. The standard InChI is InChI=1S/C17H15ClO3/c18-17(11-1-2-13-9-19-10-14(13)7-11)12-3-4-15-16(8-12)21-6-5-20-15/h1-4,7-8,17H,5-6,9-10H2. The van der Waals surface area contributed by atoms with Gasteiger partial charge in [0, 0.05) is 0 Å². The Morgan fingerprint density at radius 2 is 1.52 bits per heavy atom. The Labute approximate surface area is 128 Å². The summed E-state index contributed by atoms with van der Waals surface area (Å²) in [5.74, 6) is 1.56. The number of rotatable bonds is 2. The first kappa shape index (κ1) is 13.0. The van der Waals surface area contributed by atoms with E-state index in [0.717, 1.165) is 22.6 Å². The molecule has 0 saturated heterocycles. The van der Waals surface area contributed by atoms with Crippen molar-refractivity contribution < 1.29 is 14.2 Å². The number of hydrogen-bond donors (Lipinski definition) is 0. The lowest BCUT2D eigenvalue weighted by Crippen LogP contribution is -2.15. The van der Waals surface area contributed by atoms with Crippen molar-refractivity contribution in [2.45, 2.75) is 18.6 Å². The molecule has 0 fully saturated rings. The zero-order chi connectivity index (χ0) is 14.2. The minimum absolute atomic E-state index is 0.202. The number of fused-ring (bicyclic) bond motifs is 2. The Balaban J connectivity index is 1.66. The van der Waals surface area contributed by atoms with Crippen molar-refractivity contribution in [3.8, 4) is 11.5 Å². The van der Waals surface area contributed by atoms with Crippen LogP contribution in [0.4, 0.5) is 0 Å². The lowest BCUT2D eigenvalue weighted by molar-refractivity contribution is 0.134. The molecule has 0 spiro atoms. The monoisotopic (exact) mass is 302 g/mol. The van der Waals surface area contributed by atoms with Crippen LogP contribution >= 0.6 is 11.6 Å². The van der Waals surface area contributed by atoms with Gasteiger partial charge in [-0.05, 0) is 34.4 Å². The van der Waals surface area contributed by atoms with Crippen LogP contribution < -0.4 is 9.47 Å². The molecular formula is C17H15ClO3. The van der Waals surface area contributed by atoms with E-state index in [9.17, 15) is 0 Å². The average molecular weight is 303 g/mol. The average Bonchev–Trinajstić information content (AvgIpc) is 3.01. The SMILES string of the molecule is ClC(c1ccc2c(c1)COC2)c1ccc2c(c1)OCCO2. The first-order chi connectivity index (χ1) is 10.3. The van der Waals surface area contributed by atoms with Gasteiger partial charge in [0.05, 0.1) is 18.6 Å². The van der Waals surface area contributed by atoms with E-state index in [4.69, 9.17) is 25.8 Å². The second kappa shape index (κ2) is 5.24. The van der Waals surface area contributed by atoms with Crippen LogP contribution in [-0.2, 0) is 18.0 Å². The molecule has 4 heteroatoms. The molecule has 2 aliphatic heterocycles. The van der Waals surface area contributed by atoms with Crippen LogP contribution in [0.15, 0.2) is 36.4 Å². The van der Waals surface area contributed by atoms with E-state index in [1.165, 1.54) is 11.1 Å². The lowest BCUT2D eigenvalue weighted by atomic mass is 9.99. The van der Waals surface area contributed by atoms with Crippen molar-refractivity contribution in [2.75, 3.05) is 13.2 Å². The van der Waals surface area contributed by atoms with Gasteiger partial charge in [-0.1, -0.05) is 24.3 Å². The quantitative estimate of drug-likeness (QED) is 0.789. The fourth-order valence-electron chi connectivity index (χ4n) is 2.76. The fraction of sp³-hybridized carbons (Fsp3) is 0.294. The molecule has 2 aliphatic rings. The maximum Gasteiger partial charge on any atom is 0.161 e. The van der Waals surface area contributed by atoms with E-state index in [1.807, 2.05) is 18.2 Å². The van der Waals surface area contributed by atoms with Gasteiger partial charge in [0.2, 0.25) is 0 Å². The smallest absolute Gasteiger partial charge is 0.161 e. The highest BCUT2D eigenvalue weighted by atomic mass is 35.5. The summed E-state index contributed by atoms with van der Waals surface area (Å²) in [6, 6.07) is 12.2. The van der Waals surface area contributed by atoms with Gasteiger partial charge in [-0.3, -0.25) is 0 Å². The van der Waals surface area contributed by atoms with E-state index < -0.39 is 0 Å². The summed E-state index contributed by atoms with van der Waals surface area (Å²) in [5.41, 5.74) is 4.58. The van der Waals surface area contributed by atoms with Gasteiger partial charge >= 0.3 is 0 Å². The fourth-order valence-corrected chi connectivity index (χ4v) is 3.03. The molecule has 1 unspecified atom stereocenters. The van der Waals surface area contributed by atoms with Gasteiger partial charge in [-0.15, -0.1) is 11.6 Å². The van der Waals surface area contributed by atoms with Gasteiger partial charge in [0.1, 0.15) is 13.2 Å². The minimum Gasteiger partial charge on any atom is -0.486 e. The Morgan fingerprint density at radius 1 is 0.810 bits per heavy atom. The first-order valence-electron chi connectivity index (χ1n) is 7.04. The largest absolute Gasteiger partial charge is 0.486 e. The number of halogens is 1. The molecular weight excluding hydrogens is 288 g/mol. The number of benzene rings is 2. The van der Waals surface area contributed by atoms with Crippen molar-refractivity contribution in [1.82, 2.24) is 0 Å². The van der Waals surface area contributed by atoms with Crippen molar-refractivity contribution in [1.29, 1.82) is 0 Å². The molecule has 1 atom stereocenters. The highest BCUT2D eigenvalue weighted by Crippen LogP contribution is 2.37. The molecule has 0 bridgehead atoms. The molecule has 4 rings (SSSR count). The van der Waals surface area contributed by atoms with E-state index in [0.29, 0.717) is 26.4 Å². The summed E-state index contributed by atoms with van der Waals surface area (Å²) in [6.45, 7) is 2.56. The summed E-state index contributed by atoms with van der Waals surface area (Å²) in [7, 11) is 0. The van der Waals surface area contributed by atoms with E-state index in [1.54, 1.807) is 0 Å². The Bertz CT molecular complexity index is 684. The van der Waals surface area contributed by atoms with Crippen molar-refractivity contribution in [3.05, 3.63) is 58.7 Å². The van der Waals surface area contributed by atoms with Crippen molar-refractivity contribution in [2.24, 2.45) is 0 Å². The van der Waals surface area contributed by atoms with Crippen LogP contribution in [0, 0.1) is 0 Å². The van der Waals surface area contributed by atoms with Crippen LogP contribution in [0.5, 0.6) is 11.5 Å². The predicted molar refractivity (Wildman–Crippen MR) is 80.1 cm³/mol. The molecule has 0 N–H and O–H groups in total. The molecule has 3 nitrogen and oxygen atoms in total. The summed E-state index contributed by atoms with van der Waals surface area (Å²) < 4.78 is 16.6. The molecule has 0 radical (unpaired) electrons. The molecule has 108 valence electrons. The zero-order valence-corrected chi connectivity index (χ0v) is 12.2. The molecule has 2 aromatic rings. The predicted octanol–water partition coefficient (Wildman–Crippen LogP) is 3.82. The van der Waals surface area contributed by atoms with Crippen molar-refractivity contribution in [3.63, 3.8) is 0 Å². The number of hydrogen-bond acceptors (Lipinski definition) is 3. The maximum absolute atomic E-state index is 6.64. The Morgan fingerprint density at radius 3 is 2.43 bits per heavy atom. The second-order valence-corrected chi connectivity index (χ2v) is 5.72. The number of alkyl halides is 1. The molecule has 2 aromatic carbocycles. The topological polar surface area (TPSA) is 27.7 Å². The van der Waals surface area contributed by atoms with E-state index in [2.05, 4.69) is 18.2 Å².